The molecule has 3 aromatic carbocycles. The van der Waals surface area contributed by atoms with E-state index in [0.29, 0.717) is 24.7 Å². The van der Waals surface area contributed by atoms with Crippen molar-refractivity contribution in [1.82, 2.24) is 9.80 Å². The summed E-state index contributed by atoms with van der Waals surface area (Å²) in [5, 5.41) is 1.34. The number of amides is 2. The fourth-order valence-corrected chi connectivity index (χ4v) is 5.61. The molecule has 0 unspecified atom stereocenters. The summed E-state index contributed by atoms with van der Waals surface area (Å²) in [6, 6.07) is 23.6. The van der Waals surface area contributed by atoms with Crippen LogP contribution < -0.4 is 4.90 Å². The molecule has 0 aromatic heterocycles. The molecule has 39 heavy (non-hydrogen) atoms. The zero-order valence-electron chi connectivity index (χ0n) is 22.2. The van der Waals surface area contributed by atoms with Gasteiger partial charge in [-0.05, 0) is 66.6 Å². The summed E-state index contributed by atoms with van der Waals surface area (Å²) >= 11 is 12.5. The molecule has 0 N–H and O–H groups in total. The molecule has 2 aliphatic rings. The van der Waals surface area contributed by atoms with Crippen LogP contribution >= 0.6 is 23.2 Å². The molecule has 0 saturated heterocycles. The van der Waals surface area contributed by atoms with E-state index in [1.54, 1.807) is 0 Å². The molecule has 5 nitrogen and oxygen atoms in total. The first kappa shape index (κ1) is 27.7. The van der Waals surface area contributed by atoms with Crippen LogP contribution in [0.4, 0.5) is 5.69 Å². The van der Waals surface area contributed by atoms with E-state index in [-0.39, 0.29) is 24.2 Å². The summed E-state index contributed by atoms with van der Waals surface area (Å²) < 4.78 is 0. The minimum absolute atomic E-state index is 0.0410. The Morgan fingerprint density at radius 1 is 0.795 bits per heavy atom. The van der Waals surface area contributed by atoms with Gasteiger partial charge in [-0.3, -0.25) is 14.5 Å². The quantitative estimate of drug-likeness (QED) is 0.351. The smallest absolute Gasteiger partial charge is 0.230 e. The summed E-state index contributed by atoms with van der Waals surface area (Å²) in [4.78, 5) is 33.4. The summed E-state index contributed by atoms with van der Waals surface area (Å²) in [7, 11) is 0. The molecule has 3 aromatic rings. The van der Waals surface area contributed by atoms with Gasteiger partial charge < -0.3 is 9.80 Å². The predicted octanol–water partition coefficient (Wildman–Crippen LogP) is 6.60. The van der Waals surface area contributed by atoms with Crippen LogP contribution in [0.5, 0.6) is 0 Å². The molecule has 2 amide bonds. The van der Waals surface area contributed by atoms with E-state index in [0.717, 1.165) is 67.2 Å². The van der Waals surface area contributed by atoms with Crippen LogP contribution in [-0.2, 0) is 29.1 Å². The Bertz CT molecular complexity index is 1290. The molecule has 0 bridgehead atoms. The highest BCUT2D eigenvalue weighted by molar-refractivity contribution is 6.31. The lowest BCUT2D eigenvalue weighted by molar-refractivity contribution is -0.131. The maximum absolute atomic E-state index is 13.6. The molecular formula is C32H35Cl2N3O2. The molecule has 5 rings (SSSR count). The van der Waals surface area contributed by atoms with Crippen molar-refractivity contribution in [2.24, 2.45) is 5.92 Å². The van der Waals surface area contributed by atoms with Crippen LogP contribution in [0.15, 0.2) is 72.8 Å². The number of carbonyl (C=O) groups excluding carboxylic acids is 2. The van der Waals surface area contributed by atoms with Gasteiger partial charge in [0, 0.05) is 60.9 Å². The second-order valence-corrected chi connectivity index (χ2v) is 11.4. The van der Waals surface area contributed by atoms with Crippen molar-refractivity contribution >= 4 is 40.7 Å². The molecule has 1 fully saturated rings. The van der Waals surface area contributed by atoms with E-state index >= 15 is 0 Å². The van der Waals surface area contributed by atoms with E-state index in [1.807, 2.05) is 64.4 Å². The van der Waals surface area contributed by atoms with E-state index in [4.69, 9.17) is 23.2 Å². The van der Waals surface area contributed by atoms with Gasteiger partial charge in [-0.25, -0.2) is 0 Å². The lowest BCUT2D eigenvalue weighted by Crippen LogP contribution is -2.39. The molecule has 0 radical (unpaired) electrons. The summed E-state index contributed by atoms with van der Waals surface area (Å²) in [6.45, 7) is 4.29. The van der Waals surface area contributed by atoms with Crippen LogP contribution in [0.25, 0.3) is 0 Å². The number of hydrogen-bond acceptors (Lipinski definition) is 3. The number of anilines is 1. The molecule has 1 heterocycles. The van der Waals surface area contributed by atoms with Crippen molar-refractivity contribution in [3.05, 3.63) is 99.5 Å². The molecular weight excluding hydrogens is 529 g/mol. The van der Waals surface area contributed by atoms with Gasteiger partial charge in [-0.2, -0.15) is 0 Å². The molecule has 204 valence electrons. The van der Waals surface area contributed by atoms with Gasteiger partial charge >= 0.3 is 0 Å². The van der Waals surface area contributed by atoms with E-state index in [9.17, 15) is 9.59 Å². The summed E-state index contributed by atoms with van der Waals surface area (Å²) in [5.41, 5.74) is 3.97. The number of hydrogen-bond donors (Lipinski definition) is 0. The minimum Gasteiger partial charge on any atom is -0.338 e. The third kappa shape index (κ3) is 7.42. The predicted molar refractivity (Wildman–Crippen MR) is 158 cm³/mol. The average molecular weight is 565 g/mol. The van der Waals surface area contributed by atoms with Crippen LogP contribution in [0, 0.1) is 5.92 Å². The summed E-state index contributed by atoms with van der Waals surface area (Å²) in [6.07, 6.45) is 3.91. The molecule has 7 heteroatoms. The fraction of sp³-hybridized carbons (Fsp3) is 0.375. The van der Waals surface area contributed by atoms with Crippen molar-refractivity contribution in [3.63, 3.8) is 0 Å². The largest absolute Gasteiger partial charge is 0.338 e. The van der Waals surface area contributed by atoms with Crippen LogP contribution in [0.2, 0.25) is 10.0 Å². The number of benzene rings is 3. The highest BCUT2D eigenvalue weighted by Crippen LogP contribution is 2.34. The Hall–Kier alpha value is -2.86. The van der Waals surface area contributed by atoms with Crippen LogP contribution in [0.3, 0.4) is 0 Å². The van der Waals surface area contributed by atoms with Gasteiger partial charge in [-0.15, -0.1) is 0 Å². The molecule has 1 aliphatic heterocycles. The average Bonchev–Trinajstić information content (AvgIpc) is 3.78. The lowest BCUT2D eigenvalue weighted by Gasteiger charge is -2.32. The van der Waals surface area contributed by atoms with Gasteiger partial charge in [0.15, 0.2) is 0 Å². The van der Waals surface area contributed by atoms with Crippen molar-refractivity contribution < 1.29 is 9.59 Å². The monoisotopic (exact) mass is 563 g/mol. The van der Waals surface area contributed by atoms with E-state index < -0.39 is 0 Å². The second kappa shape index (κ2) is 13.0. The molecule has 0 atom stereocenters. The van der Waals surface area contributed by atoms with Crippen molar-refractivity contribution in [3.8, 4) is 0 Å². The first-order valence-corrected chi connectivity index (χ1v) is 14.6. The Labute approximate surface area is 241 Å². The van der Waals surface area contributed by atoms with Crippen molar-refractivity contribution in [2.75, 3.05) is 31.1 Å². The van der Waals surface area contributed by atoms with Gasteiger partial charge in [-0.1, -0.05) is 71.7 Å². The second-order valence-electron chi connectivity index (χ2n) is 10.6. The lowest BCUT2D eigenvalue weighted by atomic mass is 10.1. The Morgan fingerprint density at radius 3 is 2.23 bits per heavy atom. The molecule has 1 saturated carbocycles. The van der Waals surface area contributed by atoms with Gasteiger partial charge in [0.25, 0.3) is 0 Å². The number of rotatable bonds is 5. The van der Waals surface area contributed by atoms with Gasteiger partial charge in [0.05, 0.1) is 6.42 Å². The zero-order valence-corrected chi connectivity index (χ0v) is 23.7. The normalized spacial score (nSPS) is 17.2. The topological polar surface area (TPSA) is 43.9 Å². The standard InChI is InChI=1S/C32H35Cl2N3O2/c33-28-15-11-24(12-16-28)22-35-17-5-19-36(31(38)21-26-7-1-3-9-29(26)34)23-27-8-2-4-10-30(27)37(20-6-18-35)32(39)25-13-14-25/h1-4,7-12,15-16,25H,5-6,13-14,17-23H2. The first-order valence-electron chi connectivity index (χ1n) is 13.8. The van der Waals surface area contributed by atoms with Crippen LogP contribution in [-0.4, -0.2) is 47.8 Å². The number of carbonyl (C=O) groups is 2. The van der Waals surface area contributed by atoms with E-state index in [1.165, 1.54) is 5.56 Å². The number of halogens is 2. The fourth-order valence-electron chi connectivity index (χ4n) is 5.28. The number of fused-ring (bicyclic) bond motifs is 1. The Morgan fingerprint density at radius 2 is 1.49 bits per heavy atom. The first-order chi connectivity index (χ1) is 19.0. The Kier molecular flexibility index (Phi) is 9.23. The van der Waals surface area contributed by atoms with E-state index in [2.05, 4.69) is 23.1 Å². The number of nitrogens with zero attached hydrogens (tertiary/aromatic N) is 3. The summed E-state index contributed by atoms with van der Waals surface area (Å²) in [5.74, 6) is 0.367. The SMILES string of the molecule is O=C(Cc1ccccc1Cl)N1CCCN(Cc2ccc(Cl)cc2)CCCN(C(=O)C2CC2)c2ccccc2C1. The van der Waals surface area contributed by atoms with Crippen molar-refractivity contribution in [2.45, 2.75) is 45.2 Å². The number of para-hydroxylation sites is 1. The van der Waals surface area contributed by atoms with Crippen molar-refractivity contribution in [1.29, 1.82) is 0 Å². The molecule has 1 aliphatic carbocycles. The molecule has 0 spiro atoms. The zero-order chi connectivity index (χ0) is 27.2. The highest BCUT2D eigenvalue weighted by atomic mass is 35.5. The van der Waals surface area contributed by atoms with Gasteiger partial charge in [0.1, 0.15) is 0 Å². The maximum atomic E-state index is 13.6. The third-order valence-corrected chi connectivity index (χ3v) is 8.19. The maximum Gasteiger partial charge on any atom is 0.230 e. The van der Waals surface area contributed by atoms with Crippen LogP contribution in [0.1, 0.15) is 42.4 Å². The Balaban J connectivity index is 1.41. The van der Waals surface area contributed by atoms with Gasteiger partial charge in [0.2, 0.25) is 11.8 Å². The highest BCUT2D eigenvalue weighted by Gasteiger charge is 2.35. The minimum atomic E-state index is 0.0410. The third-order valence-electron chi connectivity index (χ3n) is 7.57.